The minimum atomic E-state index is -0.0853. The lowest BCUT2D eigenvalue weighted by molar-refractivity contribution is 0.0956. The molecule has 0 aliphatic heterocycles. The zero-order valence-electron chi connectivity index (χ0n) is 10.5. The summed E-state index contributed by atoms with van der Waals surface area (Å²) >= 11 is 0. The van der Waals surface area contributed by atoms with Crippen molar-refractivity contribution in [2.45, 2.75) is 39.5 Å². The Balaban J connectivity index is 3.14. The number of hydrogen-bond donors (Lipinski definition) is 1. The first-order valence-electron chi connectivity index (χ1n) is 5.61. The Morgan fingerprint density at radius 1 is 1.31 bits per heavy atom. The summed E-state index contributed by atoms with van der Waals surface area (Å²) in [5.41, 5.74) is 2.91. The molecule has 1 aromatic carbocycles. The van der Waals surface area contributed by atoms with Gasteiger partial charge in [0.2, 0.25) is 0 Å². The zero-order valence-corrected chi connectivity index (χ0v) is 10.5. The molecule has 2 nitrogen and oxygen atoms in total. The fourth-order valence-electron chi connectivity index (χ4n) is 1.63. The van der Waals surface area contributed by atoms with Crippen LogP contribution in [0.3, 0.4) is 0 Å². The van der Waals surface area contributed by atoms with Gasteiger partial charge < -0.3 is 5.11 Å². The molecule has 0 aliphatic rings. The Hall–Kier alpha value is -1.15. The monoisotopic (exact) mass is 220 g/mol. The van der Waals surface area contributed by atoms with Crippen LogP contribution in [0.2, 0.25) is 0 Å². The van der Waals surface area contributed by atoms with Crippen LogP contribution in [0.5, 0.6) is 0 Å². The van der Waals surface area contributed by atoms with Crippen molar-refractivity contribution in [3.05, 3.63) is 34.9 Å². The Labute approximate surface area is 97.3 Å². The summed E-state index contributed by atoms with van der Waals surface area (Å²) in [7, 11) is 0. The highest BCUT2D eigenvalue weighted by Crippen LogP contribution is 2.24. The first-order valence-corrected chi connectivity index (χ1v) is 5.61. The van der Waals surface area contributed by atoms with Crippen molar-refractivity contribution in [2.75, 3.05) is 6.61 Å². The molecule has 0 radical (unpaired) electrons. The van der Waals surface area contributed by atoms with Crippen molar-refractivity contribution in [2.24, 2.45) is 0 Å². The Morgan fingerprint density at radius 2 is 1.94 bits per heavy atom. The van der Waals surface area contributed by atoms with Crippen LogP contribution >= 0.6 is 0 Å². The third-order valence-corrected chi connectivity index (χ3v) is 2.74. The number of aryl methyl sites for hydroxylation is 1. The van der Waals surface area contributed by atoms with Crippen LogP contribution in [0, 0.1) is 6.92 Å². The number of carbonyl (C=O) groups is 1. The third-order valence-electron chi connectivity index (χ3n) is 2.74. The molecule has 0 saturated heterocycles. The Morgan fingerprint density at radius 3 is 2.44 bits per heavy atom. The second-order valence-corrected chi connectivity index (χ2v) is 5.18. The molecule has 0 fully saturated rings. The van der Waals surface area contributed by atoms with Crippen LogP contribution < -0.4 is 0 Å². The molecule has 0 spiro atoms. The van der Waals surface area contributed by atoms with Crippen molar-refractivity contribution >= 4 is 5.78 Å². The molecule has 1 aromatic rings. The molecule has 16 heavy (non-hydrogen) atoms. The van der Waals surface area contributed by atoms with Crippen LogP contribution in [-0.4, -0.2) is 17.5 Å². The molecule has 1 rings (SSSR count). The number of benzene rings is 1. The summed E-state index contributed by atoms with van der Waals surface area (Å²) in [4.78, 5) is 11.8. The van der Waals surface area contributed by atoms with E-state index in [0.29, 0.717) is 0 Å². The van der Waals surface area contributed by atoms with Gasteiger partial charge in [0.05, 0.1) is 6.61 Å². The first-order chi connectivity index (χ1) is 7.36. The largest absolute Gasteiger partial charge is 0.396 e. The van der Waals surface area contributed by atoms with Gasteiger partial charge >= 0.3 is 0 Å². The van der Waals surface area contributed by atoms with Gasteiger partial charge in [-0.1, -0.05) is 32.9 Å². The van der Waals surface area contributed by atoms with E-state index in [1.54, 1.807) is 0 Å². The molecule has 0 unspecified atom stereocenters. The van der Waals surface area contributed by atoms with Crippen molar-refractivity contribution in [3.63, 3.8) is 0 Å². The molecule has 0 aliphatic carbocycles. The fraction of sp³-hybridized carbons (Fsp3) is 0.500. The number of aliphatic hydroxyl groups excluding tert-OH is 1. The lowest BCUT2D eigenvalue weighted by Crippen LogP contribution is -2.13. The minimum Gasteiger partial charge on any atom is -0.396 e. The molecule has 0 heterocycles. The number of hydrogen-bond acceptors (Lipinski definition) is 2. The van der Waals surface area contributed by atoms with Gasteiger partial charge in [-0.15, -0.1) is 0 Å². The molecule has 0 atom stereocenters. The van der Waals surface area contributed by atoms with Gasteiger partial charge in [-0.05, 0) is 29.5 Å². The highest BCUT2D eigenvalue weighted by atomic mass is 16.3. The van der Waals surface area contributed by atoms with Crippen molar-refractivity contribution < 1.29 is 9.90 Å². The van der Waals surface area contributed by atoms with Gasteiger partial charge in [-0.3, -0.25) is 4.79 Å². The standard InChI is InChI=1S/C14H20O2/c1-10-5-6-11(14(2,3)4)9-12(10)13(16)7-8-15/h5-6,9,15H,7-8H2,1-4H3. The van der Waals surface area contributed by atoms with E-state index in [1.165, 1.54) is 0 Å². The average molecular weight is 220 g/mol. The van der Waals surface area contributed by atoms with Gasteiger partial charge in [0.1, 0.15) is 0 Å². The highest BCUT2D eigenvalue weighted by molar-refractivity contribution is 5.97. The van der Waals surface area contributed by atoms with E-state index in [9.17, 15) is 4.79 Å². The second-order valence-electron chi connectivity index (χ2n) is 5.18. The van der Waals surface area contributed by atoms with Gasteiger partial charge in [0, 0.05) is 12.0 Å². The van der Waals surface area contributed by atoms with Gasteiger partial charge in [0.15, 0.2) is 5.78 Å². The summed E-state index contributed by atoms with van der Waals surface area (Å²) in [5.74, 6) is 0.0195. The summed E-state index contributed by atoms with van der Waals surface area (Å²) < 4.78 is 0. The molecule has 88 valence electrons. The topological polar surface area (TPSA) is 37.3 Å². The maximum Gasteiger partial charge on any atom is 0.165 e. The van der Waals surface area contributed by atoms with Crippen molar-refractivity contribution in [1.29, 1.82) is 0 Å². The van der Waals surface area contributed by atoms with E-state index in [0.717, 1.165) is 16.7 Å². The molecule has 0 saturated carbocycles. The predicted octanol–water partition coefficient (Wildman–Crippen LogP) is 2.86. The summed E-state index contributed by atoms with van der Waals surface area (Å²) in [6.07, 6.45) is 0.203. The van der Waals surface area contributed by atoms with Crippen LogP contribution in [0.15, 0.2) is 18.2 Å². The van der Waals surface area contributed by atoms with E-state index < -0.39 is 0 Å². The van der Waals surface area contributed by atoms with E-state index in [1.807, 2.05) is 19.1 Å². The molecule has 2 heteroatoms. The van der Waals surface area contributed by atoms with Gasteiger partial charge in [-0.2, -0.15) is 0 Å². The predicted molar refractivity (Wildman–Crippen MR) is 65.9 cm³/mol. The lowest BCUT2D eigenvalue weighted by atomic mass is 9.84. The highest BCUT2D eigenvalue weighted by Gasteiger charge is 2.16. The van der Waals surface area contributed by atoms with E-state index in [-0.39, 0.29) is 24.2 Å². The van der Waals surface area contributed by atoms with E-state index >= 15 is 0 Å². The molecule has 0 amide bonds. The van der Waals surface area contributed by atoms with Crippen molar-refractivity contribution in [3.8, 4) is 0 Å². The van der Waals surface area contributed by atoms with Crippen LogP contribution in [0.1, 0.15) is 48.7 Å². The molecular formula is C14H20O2. The Bertz CT molecular complexity index is 386. The lowest BCUT2D eigenvalue weighted by Gasteiger charge is -2.20. The van der Waals surface area contributed by atoms with Crippen LogP contribution in [0.4, 0.5) is 0 Å². The average Bonchev–Trinajstić information content (AvgIpc) is 2.16. The molecule has 0 aromatic heterocycles. The number of aliphatic hydroxyl groups is 1. The van der Waals surface area contributed by atoms with Crippen LogP contribution in [-0.2, 0) is 5.41 Å². The summed E-state index contributed by atoms with van der Waals surface area (Å²) in [6.45, 7) is 8.21. The number of ketones is 1. The Kier molecular flexibility index (Phi) is 3.87. The number of rotatable bonds is 3. The zero-order chi connectivity index (χ0) is 12.3. The smallest absolute Gasteiger partial charge is 0.165 e. The first kappa shape index (κ1) is 12.9. The third kappa shape index (κ3) is 2.92. The second kappa shape index (κ2) is 4.79. The molecular weight excluding hydrogens is 200 g/mol. The minimum absolute atomic E-state index is 0.0195. The van der Waals surface area contributed by atoms with Crippen molar-refractivity contribution in [1.82, 2.24) is 0 Å². The van der Waals surface area contributed by atoms with Gasteiger partial charge in [0.25, 0.3) is 0 Å². The molecule has 0 bridgehead atoms. The quantitative estimate of drug-likeness (QED) is 0.795. The SMILES string of the molecule is Cc1ccc(C(C)(C)C)cc1C(=O)CCO. The van der Waals surface area contributed by atoms with E-state index in [4.69, 9.17) is 5.11 Å². The summed E-state index contributed by atoms with van der Waals surface area (Å²) in [5, 5.41) is 8.80. The maximum absolute atomic E-state index is 11.8. The van der Waals surface area contributed by atoms with Crippen LogP contribution in [0.25, 0.3) is 0 Å². The van der Waals surface area contributed by atoms with Gasteiger partial charge in [-0.25, -0.2) is 0 Å². The number of Topliss-reactive ketones (excluding diaryl/α,β-unsaturated/α-hetero) is 1. The number of carbonyl (C=O) groups excluding carboxylic acids is 1. The summed E-state index contributed by atoms with van der Waals surface area (Å²) in [6, 6.07) is 5.99. The fourth-order valence-corrected chi connectivity index (χ4v) is 1.63. The maximum atomic E-state index is 11.8. The normalized spacial score (nSPS) is 11.6. The van der Waals surface area contributed by atoms with E-state index in [2.05, 4.69) is 26.8 Å². The molecule has 1 N–H and O–H groups in total.